The number of methoxy groups -OCH3 is 1. The summed E-state index contributed by atoms with van der Waals surface area (Å²) in [6.07, 6.45) is 1.44. The zero-order valence-corrected chi connectivity index (χ0v) is 16.4. The molecule has 0 unspecified atom stereocenters. The fraction of sp³-hybridized carbons (Fsp3) is 0.100. The van der Waals surface area contributed by atoms with Crippen LogP contribution in [0.5, 0.6) is 5.75 Å². The Hall–Kier alpha value is -3.06. The summed E-state index contributed by atoms with van der Waals surface area (Å²) in [5.74, 6) is 1.80. The highest BCUT2D eigenvalue weighted by Crippen LogP contribution is 2.30. The number of para-hydroxylation sites is 2. The summed E-state index contributed by atoms with van der Waals surface area (Å²) in [6.45, 7) is 2.02. The summed E-state index contributed by atoms with van der Waals surface area (Å²) in [5.41, 5.74) is 5.05. The first-order chi connectivity index (χ1) is 13.1. The summed E-state index contributed by atoms with van der Waals surface area (Å²) in [6, 6.07) is 16.3. The molecule has 0 saturated carbocycles. The number of urea groups is 1. The van der Waals surface area contributed by atoms with E-state index in [4.69, 9.17) is 9.15 Å². The van der Waals surface area contributed by atoms with Crippen LogP contribution in [0.4, 0.5) is 10.5 Å². The van der Waals surface area contributed by atoms with Crippen LogP contribution in [0.3, 0.4) is 0 Å². The molecule has 6 nitrogen and oxygen atoms in total. The summed E-state index contributed by atoms with van der Waals surface area (Å²) >= 11 is 3.54. The summed E-state index contributed by atoms with van der Waals surface area (Å²) in [5, 5.41) is 6.57. The minimum absolute atomic E-state index is 0.483. The highest BCUT2D eigenvalue weighted by Gasteiger charge is 2.08. The van der Waals surface area contributed by atoms with Gasteiger partial charge in [0.1, 0.15) is 17.3 Å². The van der Waals surface area contributed by atoms with Crippen LogP contribution >= 0.6 is 15.9 Å². The van der Waals surface area contributed by atoms with Gasteiger partial charge in [-0.05, 0) is 48.9 Å². The zero-order valence-electron chi connectivity index (χ0n) is 14.8. The van der Waals surface area contributed by atoms with E-state index in [1.165, 1.54) is 13.3 Å². The predicted octanol–water partition coefficient (Wildman–Crippen LogP) is 5.18. The number of nitrogens with one attached hydrogen (secondary N) is 2. The third kappa shape index (κ3) is 4.77. The molecule has 3 aromatic rings. The number of rotatable bonds is 5. The Balaban J connectivity index is 1.62. The van der Waals surface area contributed by atoms with Crippen LogP contribution in [-0.4, -0.2) is 19.4 Å². The lowest BCUT2D eigenvalue weighted by atomic mass is 10.1. The van der Waals surface area contributed by atoms with E-state index in [2.05, 4.69) is 31.8 Å². The maximum atomic E-state index is 11.9. The summed E-state index contributed by atoms with van der Waals surface area (Å²) in [7, 11) is 1.54. The van der Waals surface area contributed by atoms with Gasteiger partial charge in [-0.2, -0.15) is 5.10 Å². The predicted molar refractivity (Wildman–Crippen MR) is 109 cm³/mol. The number of hydrogen-bond donors (Lipinski definition) is 2. The molecule has 3 rings (SSSR count). The van der Waals surface area contributed by atoms with Gasteiger partial charge in [0, 0.05) is 10.0 Å². The number of furan rings is 1. The molecule has 0 aliphatic rings. The number of halogens is 1. The molecule has 27 heavy (non-hydrogen) atoms. The highest BCUT2D eigenvalue weighted by molar-refractivity contribution is 9.10. The fourth-order valence-corrected chi connectivity index (χ4v) is 3.13. The first kappa shape index (κ1) is 18.7. The third-order valence-corrected chi connectivity index (χ3v) is 4.39. The van der Waals surface area contributed by atoms with Gasteiger partial charge in [-0.25, -0.2) is 10.2 Å². The van der Waals surface area contributed by atoms with Crippen LogP contribution in [-0.2, 0) is 0 Å². The van der Waals surface area contributed by atoms with Crippen molar-refractivity contribution in [2.24, 2.45) is 5.10 Å². The van der Waals surface area contributed by atoms with Crippen molar-refractivity contribution < 1.29 is 13.9 Å². The van der Waals surface area contributed by atoms with Gasteiger partial charge >= 0.3 is 6.03 Å². The van der Waals surface area contributed by atoms with E-state index < -0.39 is 6.03 Å². The minimum atomic E-state index is -0.483. The number of hydrazone groups is 1. The first-order valence-electron chi connectivity index (χ1n) is 8.16. The zero-order chi connectivity index (χ0) is 19.2. The van der Waals surface area contributed by atoms with E-state index in [1.807, 2.05) is 37.3 Å². The molecule has 2 aromatic carbocycles. The number of aryl methyl sites for hydroxylation is 1. The molecule has 7 heteroatoms. The minimum Gasteiger partial charge on any atom is -0.495 e. The molecular formula is C20H18BrN3O3. The van der Waals surface area contributed by atoms with Crippen molar-refractivity contribution in [2.45, 2.75) is 6.92 Å². The number of hydrogen-bond acceptors (Lipinski definition) is 4. The van der Waals surface area contributed by atoms with Crippen LogP contribution < -0.4 is 15.5 Å². The quantitative estimate of drug-likeness (QED) is 0.434. The van der Waals surface area contributed by atoms with Crippen molar-refractivity contribution in [3.05, 3.63) is 70.4 Å². The molecule has 1 aromatic heterocycles. The number of nitrogens with zero attached hydrogens (tertiary/aromatic N) is 1. The van der Waals surface area contributed by atoms with E-state index >= 15 is 0 Å². The van der Waals surface area contributed by atoms with Gasteiger partial charge in [-0.3, -0.25) is 0 Å². The Morgan fingerprint density at radius 1 is 1.19 bits per heavy atom. The normalized spacial score (nSPS) is 10.8. The number of anilines is 1. The van der Waals surface area contributed by atoms with Crippen LogP contribution in [0.2, 0.25) is 0 Å². The first-order valence-corrected chi connectivity index (χ1v) is 8.95. The second kappa shape index (κ2) is 8.55. The number of amides is 2. The van der Waals surface area contributed by atoms with Crippen molar-refractivity contribution in [1.82, 2.24) is 5.43 Å². The van der Waals surface area contributed by atoms with E-state index in [0.717, 1.165) is 15.6 Å². The topological polar surface area (TPSA) is 75.9 Å². The van der Waals surface area contributed by atoms with Gasteiger partial charge in [0.05, 0.1) is 19.0 Å². The van der Waals surface area contributed by atoms with Crippen molar-refractivity contribution in [1.29, 1.82) is 0 Å². The molecule has 0 atom stereocenters. The standard InChI is InChI=1S/C20H18BrN3O3/c1-13-7-9-15(16(21)11-13)18-10-8-14(27-18)12-22-24-20(25)23-17-5-3-4-6-19(17)26-2/h3-12H,1-2H3,(H2,23,24,25)/b22-12+. The van der Waals surface area contributed by atoms with E-state index in [1.54, 1.807) is 24.3 Å². The maximum absolute atomic E-state index is 11.9. The van der Waals surface area contributed by atoms with Crippen molar-refractivity contribution in [3.63, 3.8) is 0 Å². The highest BCUT2D eigenvalue weighted by atomic mass is 79.9. The number of carbonyl (C=O) groups is 1. The fourth-order valence-electron chi connectivity index (χ4n) is 2.44. The molecule has 2 N–H and O–H groups in total. The molecule has 0 spiro atoms. The van der Waals surface area contributed by atoms with Gasteiger partial charge in [0.25, 0.3) is 0 Å². The molecule has 0 radical (unpaired) electrons. The van der Waals surface area contributed by atoms with Gasteiger partial charge in [-0.1, -0.05) is 34.1 Å². The lowest BCUT2D eigenvalue weighted by Crippen LogP contribution is -2.24. The summed E-state index contributed by atoms with van der Waals surface area (Å²) < 4.78 is 11.9. The van der Waals surface area contributed by atoms with Crippen LogP contribution in [0, 0.1) is 6.92 Å². The Morgan fingerprint density at radius 2 is 2.00 bits per heavy atom. The molecule has 0 aliphatic carbocycles. The van der Waals surface area contributed by atoms with Crippen LogP contribution in [0.15, 0.2) is 68.6 Å². The van der Waals surface area contributed by atoms with Gasteiger partial charge in [0.2, 0.25) is 0 Å². The van der Waals surface area contributed by atoms with Gasteiger partial charge in [0.15, 0.2) is 0 Å². The Morgan fingerprint density at radius 3 is 2.78 bits per heavy atom. The van der Waals surface area contributed by atoms with Crippen LogP contribution in [0.1, 0.15) is 11.3 Å². The molecule has 1 heterocycles. The average Bonchev–Trinajstić information content (AvgIpc) is 3.10. The van der Waals surface area contributed by atoms with Crippen LogP contribution in [0.25, 0.3) is 11.3 Å². The lowest BCUT2D eigenvalue weighted by Gasteiger charge is -2.08. The molecule has 138 valence electrons. The average molecular weight is 428 g/mol. The maximum Gasteiger partial charge on any atom is 0.339 e. The largest absolute Gasteiger partial charge is 0.495 e. The molecule has 2 amide bonds. The summed E-state index contributed by atoms with van der Waals surface area (Å²) in [4.78, 5) is 11.9. The number of carbonyl (C=O) groups excluding carboxylic acids is 1. The Labute approximate surface area is 165 Å². The number of ether oxygens (including phenoxy) is 1. The van der Waals surface area contributed by atoms with Gasteiger partial charge in [-0.15, -0.1) is 0 Å². The van der Waals surface area contributed by atoms with E-state index in [-0.39, 0.29) is 0 Å². The lowest BCUT2D eigenvalue weighted by molar-refractivity contribution is 0.252. The third-order valence-electron chi connectivity index (χ3n) is 3.73. The smallest absolute Gasteiger partial charge is 0.339 e. The van der Waals surface area contributed by atoms with Crippen molar-refractivity contribution in [2.75, 3.05) is 12.4 Å². The molecular weight excluding hydrogens is 410 g/mol. The SMILES string of the molecule is COc1ccccc1NC(=O)N/N=C/c1ccc(-c2ccc(C)cc2Br)o1. The monoisotopic (exact) mass is 427 g/mol. The van der Waals surface area contributed by atoms with E-state index in [0.29, 0.717) is 23.0 Å². The Kier molecular flexibility index (Phi) is 5.93. The second-order valence-corrected chi connectivity index (χ2v) is 6.56. The second-order valence-electron chi connectivity index (χ2n) is 5.71. The van der Waals surface area contributed by atoms with Crippen molar-refractivity contribution >= 4 is 33.9 Å². The molecule has 0 saturated heterocycles. The number of benzene rings is 2. The van der Waals surface area contributed by atoms with Crippen molar-refractivity contribution in [3.8, 4) is 17.1 Å². The van der Waals surface area contributed by atoms with Gasteiger partial charge < -0.3 is 14.5 Å². The molecule has 0 bridgehead atoms. The van der Waals surface area contributed by atoms with E-state index in [9.17, 15) is 4.79 Å². The molecule has 0 aliphatic heterocycles. The Bertz CT molecular complexity index is 982. The molecule has 0 fully saturated rings.